The fourth-order valence-corrected chi connectivity index (χ4v) is 3.67. The summed E-state index contributed by atoms with van der Waals surface area (Å²) in [7, 11) is 1.89. The second kappa shape index (κ2) is 7.83. The topological polar surface area (TPSA) is 38.1 Å². The molecule has 2 aromatic rings. The molecule has 1 unspecified atom stereocenters. The van der Waals surface area contributed by atoms with Crippen molar-refractivity contribution in [2.75, 3.05) is 7.05 Å². The highest BCUT2D eigenvalue weighted by Gasteiger charge is 2.25. The molecule has 0 radical (unpaired) electrons. The van der Waals surface area contributed by atoms with E-state index >= 15 is 0 Å². The molecule has 140 valence electrons. The van der Waals surface area contributed by atoms with E-state index in [1.165, 1.54) is 6.42 Å². The summed E-state index contributed by atoms with van der Waals surface area (Å²) in [6, 6.07) is 7.82. The number of rotatable bonds is 5. The first-order chi connectivity index (χ1) is 12.3. The SMILES string of the molecule is CC(C)CC(=O)N(C)Cc1c(-c2ccc(Cl)cc2)nc2n1CC(C)CC2. The molecule has 0 fully saturated rings. The normalized spacial score (nSPS) is 16.6. The van der Waals surface area contributed by atoms with E-state index in [0.717, 1.165) is 40.8 Å². The van der Waals surface area contributed by atoms with Crippen LogP contribution in [0.5, 0.6) is 0 Å². The highest BCUT2D eigenvalue weighted by Crippen LogP contribution is 2.31. The molecule has 1 atom stereocenters. The van der Waals surface area contributed by atoms with Gasteiger partial charge in [0.15, 0.2) is 0 Å². The Labute approximate surface area is 161 Å². The molecule has 4 nitrogen and oxygen atoms in total. The summed E-state index contributed by atoms with van der Waals surface area (Å²) in [5.41, 5.74) is 3.17. The number of hydrogen-bond donors (Lipinski definition) is 0. The highest BCUT2D eigenvalue weighted by molar-refractivity contribution is 6.30. The Balaban J connectivity index is 1.97. The molecule has 0 saturated carbocycles. The molecule has 5 heteroatoms. The van der Waals surface area contributed by atoms with Crippen LogP contribution in [-0.2, 0) is 24.3 Å². The van der Waals surface area contributed by atoms with E-state index < -0.39 is 0 Å². The van der Waals surface area contributed by atoms with Gasteiger partial charge < -0.3 is 9.47 Å². The van der Waals surface area contributed by atoms with Crippen LogP contribution in [0, 0.1) is 11.8 Å². The molecular weight excluding hydrogens is 346 g/mol. The Kier molecular flexibility index (Phi) is 5.71. The largest absolute Gasteiger partial charge is 0.340 e. The van der Waals surface area contributed by atoms with Crippen LogP contribution in [0.3, 0.4) is 0 Å². The van der Waals surface area contributed by atoms with Crippen LogP contribution in [0.25, 0.3) is 11.3 Å². The lowest BCUT2D eigenvalue weighted by atomic mass is 10.0. The van der Waals surface area contributed by atoms with Crippen molar-refractivity contribution < 1.29 is 4.79 Å². The van der Waals surface area contributed by atoms with Crippen LogP contribution in [0.4, 0.5) is 0 Å². The first-order valence-corrected chi connectivity index (χ1v) is 9.81. The minimum Gasteiger partial charge on any atom is -0.340 e. The molecular formula is C21H28ClN3O. The summed E-state index contributed by atoms with van der Waals surface area (Å²) in [5, 5.41) is 0.720. The molecule has 26 heavy (non-hydrogen) atoms. The fourth-order valence-electron chi connectivity index (χ4n) is 3.54. The Morgan fingerprint density at radius 1 is 1.35 bits per heavy atom. The van der Waals surface area contributed by atoms with E-state index in [0.29, 0.717) is 24.8 Å². The molecule has 1 aromatic heterocycles. The Hall–Kier alpha value is -1.81. The molecule has 3 rings (SSSR count). The number of carbonyl (C=O) groups excluding carboxylic acids is 1. The molecule has 1 amide bonds. The maximum atomic E-state index is 12.5. The van der Waals surface area contributed by atoms with E-state index in [1.54, 1.807) is 0 Å². The fraction of sp³-hybridized carbons (Fsp3) is 0.524. The van der Waals surface area contributed by atoms with Gasteiger partial charge in [-0.2, -0.15) is 0 Å². The van der Waals surface area contributed by atoms with Crippen molar-refractivity contribution in [2.24, 2.45) is 11.8 Å². The lowest BCUT2D eigenvalue weighted by Crippen LogP contribution is -2.29. The first kappa shape index (κ1) is 19.0. The van der Waals surface area contributed by atoms with Crippen molar-refractivity contribution in [3.63, 3.8) is 0 Å². The van der Waals surface area contributed by atoms with Crippen LogP contribution in [0.1, 0.15) is 45.1 Å². The summed E-state index contributed by atoms with van der Waals surface area (Å²) in [5.74, 6) is 2.31. The second-order valence-electron chi connectivity index (χ2n) is 7.93. The van der Waals surface area contributed by atoms with Gasteiger partial charge in [0, 0.05) is 37.0 Å². The van der Waals surface area contributed by atoms with Crippen molar-refractivity contribution in [2.45, 2.75) is 53.1 Å². The number of aryl methyl sites for hydroxylation is 1. The predicted molar refractivity (Wildman–Crippen MR) is 106 cm³/mol. The van der Waals surface area contributed by atoms with Crippen LogP contribution < -0.4 is 0 Å². The van der Waals surface area contributed by atoms with Crippen molar-refractivity contribution in [1.29, 1.82) is 0 Å². The molecule has 1 aromatic carbocycles. The number of fused-ring (bicyclic) bond motifs is 1. The van der Waals surface area contributed by atoms with E-state index in [4.69, 9.17) is 16.6 Å². The monoisotopic (exact) mass is 373 g/mol. The van der Waals surface area contributed by atoms with E-state index in [2.05, 4.69) is 25.3 Å². The zero-order valence-corrected chi connectivity index (χ0v) is 16.9. The van der Waals surface area contributed by atoms with Gasteiger partial charge in [0.1, 0.15) is 5.82 Å². The number of nitrogens with zero attached hydrogens (tertiary/aromatic N) is 3. The summed E-state index contributed by atoms with van der Waals surface area (Å²) in [4.78, 5) is 19.3. The zero-order valence-electron chi connectivity index (χ0n) is 16.1. The molecule has 0 bridgehead atoms. The number of halogens is 1. The van der Waals surface area contributed by atoms with Gasteiger partial charge in [-0.3, -0.25) is 4.79 Å². The predicted octanol–water partition coefficient (Wildman–Crippen LogP) is 4.79. The maximum Gasteiger partial charge on any atom is 0.222 e. The van der Waals surface area contributed by atoms with Crippen LogP contribution in [-0.4, -0.2) is 27.4 Å². The molecule has 1 aliphatic heterocycles. The summed E-state index contributed by atoms with van der Waals surface area (Å²) in [6.45, 7) is 7.99. The van der Waals surface area contributed by atoms with Gasteiger partial charge in [-0.1, -0.05) is 44.5 Å². The third kappa shape index (κ3) is 4.12. The smallest absolute Gasteiger partial charge is 0.222 e. The van der Waals surface area contributed by atoms with Gasteiger partial charge >= 0.3 is 0 Å². The lowest BCUT2D eigenvalue weighted by molar-refractivity contribution is -0.131. The van der Waals surface area contributed by atoms with Crippen LogP contribution in [0.2, 0.25) is 5.02 Å². The van der Waals surface area contributed by atoms with Gasteiger partial charge in [-0.05, 0) is 30.4 Å². The second-order valence-corrected chi connectivity index (χ2v) is 8.37. The average Bonchev–Trinajstić information content (AvgIpc) is 2.93. The van der Waals surface area contributed by atoms with Gasteiger partial charge in [0.25, 0.3) is 0 Å². The third-order valence-electron chi connectivity index (χ3n) is 5.02. The molecule has 0 saturated heterocycles. The zero-order chi connectivity index (χ0) is 18.8. The molecule has 2 heterocycles. The van der Waals surface area contributed by atoms with Crippen LogP contribution >= 0.6 is 11.6 Å². The number of amides is 1. The standard InChI is InChI=1S/C21H28ClN3O/c1-14(2)11-20(26)24(4)13-18-21(16-6-8-17(22)9-7-16)23-19-10-5-15(3)12-25(18)19/h6-9,14-15H,5,10-13H2,1-4H3. The van der Waals surface area contributed by atoms with Gasteiger partial charge in [0.05, 0.1) is 17.9 Å². The Morgan fingerprint density at radius 2 is 2.04 bits per heavy atom. The summed E-state index contributed by atoms with van der Waals surface area (Å²) >= 11 is 6.05. The average molecular weight is 374 g/mol. The van der Waals surface area contributed by atoms with E-state index in [1.807, 2.05) is 36.2 Å². The number of imidazole rings is 1. The van der Waals surface area contributed by atoms with Gasteiger partial charge in [0.2, 0.25) is 5.91 Å². The van der Waals surface area contributed by atoms with E-state index in [-0.39, 0.29) is 5.91 Å². The summed E-state index contributed by atoms with van der Waals surface area (Å²) in [6.07, 6.45) is 2.73. The van der Waals surface area contributed by atoms with Gasteiger partial charge in [-0.25, -0.2) is 4.98 Å². The summed E-state index contributed by atoms with van der Waals surface area (Å²) < 4.78 is 2.33. The first-order valence-electron chi connectivity index (χ1n) is 9.43. The quantitative estimate of drug-likeness (QED) is 0.755. The molecule has 0 spiro atoms. The van der Waals surface area contributed by atoms with Crippen molar-refractivity contribution >= 4 is 17.5 Å². The number of carbonyl (C=O) groups is 1. The lowest BCUT2D eigenvalue weighted by Gasteiger charge is -2.25. The minimum absolute atomic E-state index is 0.182. The van der Waals surface area contributed by atoms with Crippen LogP contribution in [0.15, 0.2) is 24.3 Å². The number of aromatic nitrogens is 2. The van der Waals surface area contributed by atoms with Crippen molar-refractivity contribution in [3.8, 4) is 11.3 Å². The Bertz CT molecular complexity index is 779. The Morgan fingerprint density at radius 3 is 2.69 bits per heavy atom. The third-order valence-corrected chi connectivity index (χ3v) is 5.27. The number of benzene rings is 1. The van der Waals surface area contributed by atoms with Gasteiger partial charge in [-0.15, -0.1) is 0 Å². The molecule has 0 aliphatic carbocycles. The minimum atomic E-state index is 0.182. The highest BCUT2D eigenvalue weighted by atomic mass is 35.5. The van der Waals surface area contributed by atoms with E-state index in [9.17, 15) is 4.79 Å². The van der Waals surface area contributed by atoms with Crippen molar-refractivity contribution in [3.05, 3.63) is 40.8 Å². The maximum absolute atomic E-state index is 12.5. The number of hydrogen-bond acceptors (Lipinski definition) is 2. The molecule has 1 aliphatic rings. The van der Waals surface area contributed by atoms with Crippen molar-refractivity contribution in [1.82, 2.24) is 14.5 Å². The molecule has 0 N–H and O–H groups in total.